The van der Waals surface area contributed by atoms with Gasteiger partial charge in [0.1, 0.15) is 0 Å². The van der Waals surface area contributed by atoms with Crippen LogP contribution in [0, 0.1) is 0 Å². The maximum absolute atomic E-state index is 12.9. The predicted molar refractivity (Wildman–Crippen MR) is 53.1 cm³/mol. The Hall–Kier alpha value is -0.890. The van der Waals surface area contributed by atoms with Gasteiger partial charge < -0.3 is 0 Å². The molecular formula is C11H10ClFO. The summed E-state index contributed by atoms with van der Waals surface area (Å²) in [7, 11) is 0. The van der Waals surface area contributed by atoms with Crippen molar-refractivity contribution in [3.8, 4) is 0 Å². The molecule has 0 spiro atoms. The molecule has 3 heteroatoms. The molecule has 14 heavy (non-hydrogen) atoms. The Bertz CT molecular complexity index is 354. The van der Waals surface area contributed by atoms with Crippen molar-refractivity contribution < 1.29 is 9.18 Å². The standard InChI is InChI=1S/C11H10ClFO/c12-9-4-2-8(3-5-9)11(10(13)14)6-1-7-11/h2-5H,1,6-7H2. The second-order valence-corrected chi connectivity index (χ2v) is 4.15. The van der Waals surface area contributed by atoms with Crippen LogP contribution in [-0.2, 0) is 10.2 Å². The fourth-order valence-electron chi connectivity index (χ4n) is 1.90. The largest absolute Gasteiger partial charge is 0.311 e. The van der Waals surface area contributed by atoms with E-state index in [4.69, 9.17) is 11.6 Å². The Morgan fingerprint density at radius 1 is 1.29 bits per heavy atom. The van der Waals surface area contributed by atoms with Crippen molar-refractivity contribution in [2.24, 2.45) is 0 Å². The molecule has 1 aromatic carbocycles. The van der Waals surface area contributed by atoms with Crippen molar-refractivity contribution in [2.75, 3.05) is 0 Å². The number of carbonyl (C=O) groups is 1. The quantitative estimate of drug-likeness (QED) is 0.688. The van der Waals surface area contributed by atoms with Gasteiger partial charge in [-0.2, -0.15) is 4.39 Å². The van der Waals surface area contributed by atoms with Crippen LogP contribution in [0.25, 0.3) is 0 Å². The molecule has 0 heterocycles. The zero-order valence-electron chi connectivity index (χ0n) is 7.59. The van der Waals surface area contributed by atoms with Crippen LogP contribution in [0.5, 0.6) is 0 Å². The lowest BCUT2D eigenvalue weighted by Crippen LogP contribution is -2.40. The fraction of sp³-hybridized carbons (Fsp3) is 0.364. The monoisotopic (exact) mass is 212 g/mol. The summed E-state index contributed by atoms with van der Waals surface area (Å²) in [6.07, 6.45) is 2.15. The van der Waals surface area contributed by atoms with Crippen LogP contribution in [-0.4, -0.2) is 6.04 Å². The van der Waals surface area contributed by atoms with Crippen molar-refractivity contribution >= 4 is 17.6 Å². The zero-order chi connectivity index (χ0) is 10.2. The van der Waals surface area contributed by atoms with E-state index in [2.05, 4.69) is 0 Å². The number of carbonyl (C=O) groups excluding carboxylic acids is 1. The highest BCUT2D eigenvalue weighted by molar-refractivity contribution is 6.30. The molecule has 74 valence electrons. The second kappa shape index (κ2) is 3.35. The van der Waals surface area contributed by atoms with Crippen LogP contribution in [0.1, 0.15) is 24.8 Å². The molecule has 0 atom stereocenters. The first-order chi connectivity index (χ1) is 6.65. The van der Waals surface area contributed by atoms with Gasteiger partial charge in [-0.1, -0.05) is 30.2 Å². The third kappa shape index (κ3) is 1.34. The van der Waals surface area contributed by atoms with Gasteiger partial charge in [0, 0.05) is 5.02 Å². The minimum Gasteiger partial charge on any atom is -0.260 e. The van der Waals surface area contributed by atoms with E-state index >= 15 is 0 Å². The number of rotatable bonds is 2. The molecule has 0 radical (unpaired) electrons. The van der Waals surface area contributed by atoms with Gasteiger partial charge in [0.25, 0.3) is 0 Å². The van der Waals surface area contributed by atoms with E-state index in [0.717, 1.165) is 12.0 Å². The first kappa shape index (κ1) is 9.66. The molecule has 0 amide bonds. The minimum absolute atomic E-state index is 0.606. The molecule has 0 saturated heterocycles. The van der Waals surface area contributed by atoms with E-state index < -0.39 is 11.5 Å². The van der Waals surface area contributed by atoms with Gasteiger partial charge in [-0.3, -0.25) is 4.79 Å². The molecule has 1 aromatic rings. The zero-order valence-corrected chi connectivity index (χ0v) is 8.35. The van der Waals surface area contributed by atoms with Crippen LogP contribution >= 0.6 is 11.6 Å². The summed E-state index contributed by atoms with van der Waals surface area (Å²) >= 11 is 5.72. The molecule has 1 aliphatic carbocycles. The summed E-state index contributed by atoms with van der Waals surface area (Å²) in [5, 5.41) is 0.606. The van der Waals surface area contributed by atoms with Gasteiger partial charge >= 0.3 is 6.04 Å². The fourth-order valence-corrected chi connectivity index (χ4v) is 2.02. The van der Waals surface area contributed by atoms with Gasteiger partial charge in [-0.15, -0.1) is 0 Å². The molecule has 0 unspecified atom stereocenters. The number of halogens is 2. The van der Waals surface area contributed by atoms with Gasteiger partial charge in [-0.05, 0) is 30.5 Å². The topological polar surface area (TPSA) is 17.1 Å². The Morgan fingerprint density at radius 3 is 2.21 bits per heavy atom. The summed E-state index contributed by atoms with van der Waals surface area (Å²) in [5.41, 5.74) is -0.106. The Kier molecular flexibility index (Phi) is 2.31. The van der Waals surface area contributed by atoms with E-state index in [1.165, 1.54) is 0 Å². The lowest BCUT2D eigenvalue weighted by Gasteiger charge is -2.37. The maximum atomic E-state index is 12.9. The summed E-state index contributed by atoms with van der Waals surface area (Å²) in [6.45, 7) is 0. The van der Waals surface area contributed by atoms with Gasteiger partial charge in [-0.25, -0.2) is 0 Å². The minimum atomic E-state index is -1.22. The summed E-state index contributed by atoms with van der Waals surface area (Å²) < 4.78 is 12.9. The summed E-state index contributed by atoms with van der Waals surface area (Å²) in [5.74, 6) is 0. The van der Waals surface area contributed by atoms with Gasteiger partial charge in [0.15, 0.2) is 0 Å². The van der Waals surface area contributed by atoms with E-state index in [1.54, 1.807) is 24.3 Å². The smallest absolute Gasteiger partial charge is 0.260 e. The van der Waals surface area contributed by atoms with Crippen LogP contribution < -0.4 is 0 Å². The predicted octanol–water partition coefficient (Wildman–Crippen LogP) is 3.26. The first-order valence-electron chi connectivity index (χ1n) is 4.61. The second-order valence-electron chi connectivity index (χ2n) is 3.72. The highest BCUT2D eigenvalue weighted by Crippen LogP contribution is 2.44. The third-order valence-electron chi connectivity index (χ3n) is 2.98. The molecule has 1 saturated carbocycles. The average molecular weight is 213 g/mol. The van der Waals surface area contributed by atoms with E-state index in [1.807, 2.05) is 0 Å². The van der Waals surface area contributed by atoms with Crippen molar-refractivity contribution in [1.29, 1.82) is 0 Å². The van der Waals surface area contributed by atoms with Gasteiger partial charge in [0.05, 0.1) is 5.41 Å². The van der Waals surface area contributed by atoms with E-state index in [9.17, 15) is 9.18 Å². The number of hydrogen-bond donors (Lipinski definition) is 0. The molecule has 0 N–H and O–H groups in total. The van der Waals surface area contributed by atoms with Crippen LogP contribution in [0.4, 0.5) is 4.39 Å². The van der Waals surface area contributed by atoms with Crippen LogP contribution in [0.3, 0.4) is 0 Å². The van der Waals surface area contributed by atoms with Crippen LogP contribution in [0.2, 0.25) is 5.02 Å². The summed E-state index contributed by atoms with van der Waals surface area (Å²) in [4.78, 5) is 10.9. The normalized spacial score (nSPS) is 18.7. The number of benzene rings is 1. The maximum Gasteiger partial charge on any atom is 0.311 e. The van der Waals surface area contributed by atoms with Gasteiger partial charge in [0.2, 0.25) is 0 Å². The first-order valence-corrected chi connectivity index (χ1v) is 4.99. The highest BCUT2D eigenvalue weighted by atomic mass is 35.5. The lowest BCUT2D eigenvalue weighted by atomic mass is 9.65. The van der Waals surface area contributed by atoms with Crippen molar-refractivity contribution in [3.63, 3.8) is 0 Å². The SMILES string of the molecule is O=C(F)C1(c2ccc(Cl)cc2)CCC1. The molecule has 2 rings (SSSR count). The molecule has 0 aromatic heterocycles. The molecule has 1 nitrogen and oxygen atoms in total. The molecular weight excluding hydrogens is 203 g/mol. The Morgan fingerprint density at radius 2 is 1.86 bits per heavy atom. The highest BCUT2D eigenvalue weighted by Gasteiger charge is 2.45. The lowest BCUT2D eigenvalue weighted by molar-refractivity contribution is -0.138. The van der Waals surface area contributed by atoms with Crippen molar-refractivity contribution in [1.82, 2.24) is 0 Å². The Balaban J connectivity index is 2.37. The van der Waals surface area contributed by atoms with E-state index in [-0.39, 0.29) is 0 Å². The molecule has 0 aliphatic heterocycles. The van der Waals surface area contributed by atoms with E-state index in [0.29, 0.717) is 17.9 Å². The number of hydrogen-bond acceptors (Lipinski definition) is 1. The van der Waals surface area contributed by atoms with Crippen molar-refractivity contribution in [3.05, 3.63) is 34.9 Å². The molecule has 1 fully saturated rings. The van der Waals surface area contributed by atoms with Crippen LogP contribution in [0.15, 0.2) is 24.3 Å². The Labute approximate surface area is 86.9 Å². The summed E-state index contributed by atoms with van der Waals surface area (Å²) in [6, 6.07) is 5.64. The van der Waals surface area contributed by atoms with Crippen molar-refractivity contribution in [2.45, 2.75) is 24.7 Å². The average Bonchev–Trinajstić information content (AvgIpc) is 2.05. The molecule has 0 bridgehead atoms. The molecule has 1 aliphatic rings. The third-order valence-corrected chi connectivity index (χ3v) is 3.23.